The summed E-state index contributed by atoms with van der Waals surface area (Å²) in [6.45, 7) is 1.88. The average molecular weight is 181 g/mol. The highest BCUT2D eigenvalue weighted by Crippen LogP contribution is 2.30. The minimum atomic E-state index is -0.251. The molecule has 3 N–H and O–H groups in total. The van der Waals surface area contributed by atoms with Crippen LogP contribution < -0.4 is 5.73 Å². The highest BCUT2D eigenvalue weighted by Gasteiger charge is 2.27. The molecule has 0 bridgehead atoms. The van der Waals surface area contributed by atoms with Gasteiger partial charge in [-0.3, -0.25) is 4.68 Å². The van der Waals surface area contributed by atoms with Gasteiger partial charge in [0.15, 0.2) is 0 Å². The third-order valence-corrected chi connectivity index (χ3v) is 2.74. The number of nitrogens with two attached hydrogens (primary N) is 1. The van der Waals surface area contributed by atoms with Gasteiger partial charge in [0, 0.05) is 6.20 Å². The smallest absolute Gasteiger partial charge is 0.0823 e. The molecule has 72 valence electrons. The van der Waals surface area contributed by atoms with Gasteiger partial charge in [0.05, 0.1) is 23.5 Å². The zero-order valence-corrected chi connectivity index (χ0v) is 7.77. The molecule has 4 heteroatoms. The lowest BCUT2D eigenvalue weighted by Crippen LogP contribution is -2.18. The van der Waals surface area contributed by atoms with E-state index in [1.807, 2.05) is 17.8 Å². The van der Waals surface area contributed by atoms with E-state index >= 15 is 0 Å². The van der Waals surface area contributed by atoms with E-state index in [-0.39, 0.29) is 12.1 Å². The van der Waals surface area contributed by atoms with E-state index in [0.29, 0.717) is 5.69 Å². The molecule has 2 unspecified atom stereocenters. The summed E-state index contributed by atoms with van der Waals surface area (Å²) < 4.78 is 1.81. The van der Waals surface area contributed by atoms with Gasteiger partial charge in [0.1, 0.15) is 0 Å². The number of aromatic nitrogens is 2. The van der Waals surface area contributed by atoms with Crippen LogP contribution in [0, 0.1) is 6.92 Å². The molecule has 1 aromatic rings. The Labute approximate surface area is 77.4 Å². The van der Waals surface area contributed by atoms with E-state index in [0.717, 1.165) is 25.0 Å². The van der Waals surface area contributed by atoms with E-state index in [9.17, 15) is 5.11 Å². The molecule has 2 atom stereocenters. The molecule has 2 rings (SSSR count). The van der Waals surface area contributed by atoms with Crippen molar-refractivity contribution in [2.75, 3.05) is 5.73 Å². The number of anilines is 1. The Bertz CT molecular complexity index is 288. The fourth-order valence-corrected chi connectivity index (χ4v) is 1.90. The van der Waals surface area contributed by atoms with Crippen LogP contribution in [0.15, 0.2) is 6.20 Å². The highest BCUT2D eigenvalue weighted by molar-refractivity contribution is 5.39. The van der Waals surface area contributed by atoms with E-state index in [1.165, 1.54) is 0 Å². The van der Waals surface area contributed by atoms with Crippen LogP contribution >= 0.6 is 0 Å². The zero-order valence-electron chi connectivity index (χ0n) is 7.77. The number of aryl methyl sites for hydroxylation is 1. The highest BCUT2D eigenvalue weighted by atomic mass is 16.3. The molecule has 1 heterocycles. The fraction of sp³-hybridized carbons (Fsp3) is 0.667. The summed E-state index contributed by atoms with van der Waals surface area (Å²) in [5.74, 6) is 0. The topological polar surface area (TPSA) is 64.1 Å². The maximum absolute atomic E-state index is 9.64. The number of aliphatic hydroxyl groups is 1. The third-order valence-electron chi connectivity index (χ3n) is 2.74. The molecular formula is C9H15N3O. The van der Waals surface area contributed by atoms with Crippen LogP contribution in [-0.2, 0) is 0 Å². The van der Waals surface area contributed by atoms with Gasteiger partial charge in [-0.1, -0.05) is 0 Å². The first kappa shape index (κ1) is 8.56. The largest absolute Gasteiger partial charge is 0.396 e. The standard InChI is InChI=1S/C9H15N3O/c1-6-7(10)5-12(11-6)8-3-2-4-9(8)13/h5,8-9,13H,2-4,10H2,1H3. The van der Waals surface area contributed by atoms with Crippen molar-refractivity contribution < 1.29 is 5.11 Å². The van der Waals surface area contributed by atoms with E-state index < -0.39 is 0 Å². The average Bonchev–Trinajstić information content (AvgIpc) is 2.60. The number of nitrogens with zero attached hydrogens (tertiary/aromatic N) is 2. The summed E-state index contributed by atoms with van der Waals surface area (Å²) >= 11 is 0. The second-order valence-corrected chi connectivity index (χ2v) is 3.72. The molecular weight excluding hydrogens is 166 g/mol. The van der Waals surface area contributed by atoms with Gasteiger partial charge in [-0.25, -0.2) is 0 Å². The lowest BCUT2D eigenvalue weighted by molar-refractivity contribution is 0.130. The Hall–Kier alpha value is -1.03. The molecule has 0 aliphatic heterocycles. The van der Waals surface area contributed by atoms with Gasteiger partial charge < -0.3 is 10.8 Å². The van der Waals surface area contributed by atoms with Crippen molar-refractivity contribution in [2.45, 2.75) is 38.3 Å². The summed E-state index contributed by atoms with van der Waals surface area (Å²) in [7, 11) is 0. The molecule has 1 aliphatic rings. The first-order valence-corrected chi connectivity index (χ1v) is 4.68. The van der Waals surface area contributed by atoms with Gasteiger partial charge in [-0.05, 0) is 26.2 Å². The number of rotatable bonds is 1. The molecule has 1 aliphatic carbocycles. The van der Waals surface area contributed by atoms with Crippen LogP contribution in [0.25, 0.3) is 0 Å². The lowest BCUT2D eigenvalue weighted by Gasteiger charge is -2.14. The van der Waals surface area contributed by atoms with E-state index in [2.05, 4.69) is 5.10 Å². The fourth-order valence-electron chi connectivity index (χ4n) is 1.90. The molecule has 4 nitrogen and oxygen atoms in total. The van der Waals surface area contributed by atoms with Gasteiger partial charge in [-0.15, -0.1) is 0 Å². The molecule has 1 saturated carbocycles. The summed E-state index contributed by atoms with van der Waals surface area (Å²) in [5.41, 5.74) is 7.24. The van der Waals surface area contributed by atoms with Gasteiger partial charge in [-0.2, -0.15) is 5.10 Å². The maximum Gasteiger partial charge on any atom is 0.0823 e. The quantitative estimate of drug-likeness (QED) is 0.675. The van der Waals surface area contributed by atoms with Gasteiger partial charge >= 0.3 is 0 Å². The van der Waals surface area contributed by atoms with Crippen LogP contribution in [0.4, 0.5) is 5.69 Å². The normalized spacial score (nSPS) is 28.2. The predicted molar refractivity (Wildman–Crippen MR) is 50.3 cm³/mol. The van der Waals surface area contributed by atoms with Crippen molar-refractivity contribution in [3.63, 3.8) is 0 Å². The number of nitrogen functional groups attached to an aromatic ring is 1. The molecule has 0 saturated heterocycles. The Balaban J connectivity index is 2.24. The molecule has 0 spiro atoms. The van der Waals surface area contributed by atoms with Crippen LogP contribution in [-0.4, -0.2) is 21.0 Å². The van der Waals surface area contributed by atoms with E-state index in [1.54, 1.807) is 0 Å². The number of hydrogen-bond donors (Lipinski definition) is 2. The van der Waals surface area contributed by atoms with Crippen molar-refractivity contribution in [1.29, 1.82) is 0 Å². The lowest BCUT2D eigenvalue weighted by atomic mass is 10.2. The molecule has 1 aromatic heterocycles. The monoisotopic (exact) mass is 181 g/mol. The van der Waals surface area contributed by atoms with Crippen LogP contribution in [0.3, 0.4) is 0 Å². The first-order valence-electron chi connectivity index (χ1n) is 4.68. The van der Waals surface area contributed by atoms with Crippen LogP contribution in [0.1, 0.15) is 31.0 Å². The minimum Gasteiger partial charge on any atom is -0.396 e. The summed E-state index contributed by atoms with van der Waals surface area (Å²) in [6, 6.07) is 0.135. The minimum absolute atomic E-state index is 0.135. The molecule has 1 fully saturated rings. The number of aliphatic hydroxyl groups excluding tert-OH is 1. The zero-order chi connectivity index (χ0) is 9.42. The Morgan fingerprint density at radius 1 is 1.62 bits per heavy atom. The number of hydrogen-bond acceptors (Lipinski definition) is 3. The third kappa shape index (κ3) is 1.42. The second-order valence-electron chi connectivity index (χ2n) is 3.72. The molecule has 0 aromatic carbocycles. The second kappa shape index (κ2) is 3.03. The van der Waals surface area contributed by atoms with Crippen molar-refractivity contribution in [2.24, 2.45) is 0 Å². The Morgan fingerprint density at radius 2 is 2.38 bits per heavy atom. The van der Waals surface area contributed by atoms with E-state index in [4.69, 9.17) is 5.73 Å². The summed E-state index contributed by atoms with van der Waals surface area (Å²) in [5, 5.41) is 13.9. The molecule has 0 radical (unpaired) electrons. The molecule has 0 amide bonds. The Kier molecular flexibility index (Phi) is 2.00. The predicted octanol–water partition coefficient (Wildman–Crippen LogP) is 0.860. The summed E-state index contributed by atoms with van der Waals surface area (Å²) in [4.78, 5) is 0. The van der Waals surface area contributed by atoms with Crippen LogP contribution in [0.5, 0.6) is 0 Å². The first-order chi connectivity index (χ1) is 6.18. The SMILES string of the molecule is Cc1nn(C2CCCC2O)cc1N. The van der Waals surface area contributed by atoms with Crippen molar-refractivity contribution in [1.82, 2.24) is 9.78 Å². The van der Waals surface area contributed by atoms with Crippen molar-refractivity contribution in [3.8, 4) is 0 Å². The molecule has 13 heavy (non-hydrogen) atoms. The van der Waals surface area contributed by atoms with Crippen LogP contribution in [0.2, 0.25) is 0 Å². The van der Waals surface area contributed by atoms with Gasteiger partial charge in [0.25, 0.3) is 0 Å². The Morgan fingerprint density at radius 3 is 2.85 bits per heavy atom. The van der Waals surface area contributed by atoms with Crippen molar-refractivity contribution >= 4 is 5.69 Å². The maximum atomic E-state index is 9.64. The van der Waals surface area contributed by atoms with Crippen molar-refractivity contribution in [3.05, 3.63) is 11.9 Å². The summed E-state index contributed by atoms with van der Waals surface area (Å²) in [6.07, 6.45) is 4.52. The van der Waals surface area contributed by atoms with Gasteiger partial charge in [0.2, 0.25) is 0 Å².